The van der Waals surface area contributed by atoms with E-state index in [4.69, 9.17) is 0 Å². The average molecular weight is 221 g/mol. The number of thioether (sulfide) groups is 1. The summed E-state index contributed by atoms with van der Waals surface area (Å²) in [6.07, 6.45) is 11.8. The van der Waals surface area contributed by atoms with Crippen molar-refractivity contribution < 1.29 is 0 Å². The molecule has 0 N–H and O–H groups in total. The molecule has 0 radical (unpaired) electrons. The molecule has 1 nitrogen and oxygen atoms in total. The van der Waals surface area contributed by atoms with Crippen LogP contribution >= 0.6 is 11.8 Å². The van der Waals surface area contributed by atoms with Gasteiger partial charge in [-0.1, -0.05) is 38.2 Å². The molecule has 1 aliphatic carbocycles. The molecule has 0 saturated heterocycles. The van der Waals surface area contributed by atoms with Crippen molar-refractivity contribution in [3.63, 3.8) is 0 Å². The summed E-state index contributed by atoms with van der Waals surface area (Å²) >= 11 is 1.98. The fraction of sp³-hybridized carbons (Fsp3) is 0.615. The van der Waals surface area contributed by atoms with Crippen molar-refractivity contribution in [3.05, 3.63) is 24.4 Å². The van der Waals surface area contributed by atoms with E-state index in [0.717, 1.165) is 5.25 Å². The summed E-state index contributed by atoms with van der Waals surface area (Å²) in [4.78, 5) is 4.39. The molecule has 1 aromatic heterocycles. The van der Waals surface area contributed by atoms with E-state index in [9.17, 15) is 0 Å². The van der Waals surface area contributed by atoms with Crippen molar-refractivity contribution in [1.82, 2.24) is 4.98 Å². The zero-order valence-corrected chi connectivity index (χ0v) is 10.0. The zero-order chi connectivity index (χ0) is 10.3. The maximum absolute atomic E-state index is 4.39. The van der Waals surface area contributed by atoms with Crippen LogP contribution in [0.4, 0.5) is 0 Å². The van der Waals surface area contributed by atoms with Gasteiger partial charge in [0.15, 0.2) is 0 Å². The number of rotatable bonds is 2. The number of aromatic nitrogens is 1. The molecule has 2 heteroatoms. The number of hydrogen-bond donors (Lipinski definition) is 0. The van der Waals surface area contributed by atoms with Gasteiger partial charge in [0.1, 0.15) is 0 Å². The predicted octanol–water partition coefficient (Wildman–Crippen LogP) is 4.29. The predicted molar refractivity (Wildman–Crippen MR) is 66.2 cm³/mol. The Hall–Kier alpha value is -0.500. The summed E-state index contributed by atoms with van der Waals surface area (Å²) in [5.41, 5.74) is 0. The molecule has 1 aromatic rings. The normalized spacial score (nSPS) is 19.5. The molecule has 1 heterocycles. The molecule has 0 unspecified atom stereocenters. The minimum Gasteiger partial charge on any atom is -0.250 e. The fourth-order valence-corrected chi connectivity index (χ4v) is 3.31. The molecule has 0 amide bonds. The third-order valence-corrected chi connectivity index (χ3v) is 4.27. The monoisotopic (exact) mass is 221 g/mol. The number of pyridine rings is 1. The Morgan fingerprint density at radius 1 is 1.00 bits per heavy atom. The highest BCUT2D eigenvalue weighted by molar-refractivity contribution is 7.99. The Morgan fingerprint density at radius 2 is 1.73 bits per heavy atom. The third kappa shape index (κ3) is 3.86. The maximum atomic E-state index is 4.39. The Balaban J connectivity index is 1.86. The lowest BCUT2D eigenvalue weighted by molar-refractivity contribution is 0.513. The highest BCUT2D eigenvalue weighted by Crippen LogP contribution is 2.30. The van der Waals surface area contributed by atoms with E-state index in [0.29, 0.717) is 0 Å². The topological polar surface area (TPSA) is 12.9 Å². The van der Waals surface area contributed by atoms with Gasteiger partial charge in [0, 0.05) is 11.4 Å². The first kappa shape index (κ1) is 11.0. The van der Waals surface area contributed by atoms with Crippen LogP contribution < -0.4 is 0 Å². The molecule has 0 aliphatic heterocycles. The van der Waals surface area contributed by atoms with E-state index in [2.05, 4.69) is 17.1 Å². The molecule has 0 aromatic carbocycles. The largest absolute Gasteiger partial charge is 0.250 e. The molecular formula is C13H19NS. The van der Waals surface area contributed by atoms with Gasteiger partial charge < -0.3 is 0 Å². The van der Waals surface area contributed by atoms with E-state index in [-0.39, 0.29) is 0 Å². The lowest BCUT2D eigenvalue weighted by Gasteiger charge is -2.18. The van der Waals surface area contributed by atoms with Gasteiger partial charge in [-0.2, -0.15) is 0 Å². The van der Waals surface area contributed by atoms with Crippen molar-refractivity contribution in [2.45, 2.75) is 55.2 Å². The minimum absolute atomic E-state index is 0.806. The second-order valence-electron chi connectivity index (χ2n) is 4.25. The van der Waals surface area contributed by atoms with Gasteiger partial charge in [-0.3, -0.25) is 0 Å². The van der Waals surface area contributed by atoms with Gasteiger partial charge in [-0.05, 0) is 25.0 Å². The van der Waals surface area contributed by atoms with E-state index < -0.39 is 0 Å². The maximum Gasteiger partial charge on any atom is 0.0962 e. The van der Waals surface area contributed by atoms with Crippen molar-refractivity contribution in [1.29, 1.82) is 0 Å². The van der Waals surface area contributed by atoms with Crippen LogP contribution in [-0.2, 0) is 0 Å². The highest BCUT2D eigenvalue weighted by atomic mass is 32.2. The second-order valence-corrected chi connectivity index (χ2v) is 5.57. The average Bonchev–Trinajstić information content (AvgIpc) is 2.23. The molecule has 1 fully saturated rings. The van der Waals surface area contributed by atoms with Crippen molar-refractivity contribution in [2.75, 3.05) is 0 Å². The lowest BCUT2D eigenvalue weighted by atomic mass is 10.0. The lowest BCUT2D eigenvalue weighted by Crippen LogP contribution is -2.05. The fourth-order valence-electron chi connectivity index (χ4n) is 2.12. The Bertz CT molecular complexity index is 265. The van der Waals surface area contributed by atoms with Crippen LogP contribution in [0, 0.1) is 0 Å². The van der Waals surface area contributed by atoms with Crippen LogP contribution in [0.3, 0.4) is 0 Å². The Kier molecular flexibility index (Phi) is 4.52. The van der Waals surface area contributed by atoms with Crippen LogP contribution in [-0.4, -0.2) is 10.2 Å². The molecule has 0 atom stereocenters. The molecule has 1 aliphatic rings. The van der Waals surface area contributed by atoms with E-state index in [1.54, 1.807) is 0 Å². The molecule has 0 spiro atoms. The van der Waals surface area contributed by atoms with Gasteiger partial charge in [-0.15, -0.1) is 11.8 Å². The zero-order valence-electron chi connectivity index (χ0n) is 9.19. The smallest absolute Gasteiger partial charge is 0.0962 e. The SMILES string of the molecule is c1ccc(SC2CCCCCCC2)nc1. The number of nitrogens with zero attached hydrogens (tertiary/aromatic N) is 1. The highest BCUT2D eigenvalue weighted by Gasteiger charge is 2.12. The van der Waals surface area contributed by atoms with Crippen LogP contribution in [0.5, 0.6) is 0 Å². The molecule has 2 rings (SSSR count). The van der Waals surface area contributed by atoms with Crippen LogP contribution in [0.2, 0.25) is 0 Å². The van der Waals surface area contributed by atoms with Crippen molar-refractivity contribution in [3.8, 4) is 0 Å². The van der Waals surface area contributed by atoms with Gasteiger partial charge >= 0.3 is 0 Å². The van der Waals surface area contributed by atoms with E-state index in [1.807, 2.05) is 24.0 Å². The van der Waals surface area contributed by atoms with Crippen molar-refractivity contribution >= 4 is 11.8 Å². The van der Waals surface area contributed by atoms with Gasteiger partial charge in [0.25, 0.3) is 0 Å². The van der Waals surface area contributed by atoms with E-state index >= 15 is 0 Å². The van der Waals surface area contributed by atoms with Crippen LogP contribution in [0.25, 0.3) is 0 Å². The molecule has 0 bridgehead atoms. The molecule has 82 valence electrons. The quantitative estimate of drug-likeness (QED) is 0.739. The van der Waals surface area contributed by atoms with E-state index in [1.165, 1.54) is 50.0 Å². The summed E-state index contributed by atoms with van der Waals surface area (Å²) < 4.78 is 0. The summed E-state index contributed by atoms with van der Waals surface area (Å²) in [7, 11) is 0. The van der Waals surface area contributed by atoms with Gasteiger partial charge in [0.05, 0.1) is 5.03 Å². The molecule has 15 heavy (non-hydrogen) atoms. The Morgan fingerprint density at radius 3 is 2.40 bits per heavy atom. The molecule has 1 saturated carbocycles. The minimum atomic E-state index is 0.806. The second kappa shape index (κ2) is 6.16. The summed E-state index contributed by atoms with van der Waals surface area (Å²) in [6, 6.07) is 6.20. The summed E-state index contributed by atoms with van der Waals surface area (Å²) in [5, 5.41) is 2.00. The van der Waals surface area contributed by atoms with Crippen molar-refractivity contribution in [2.24, 2.45) is 0 Å². The van der Waals surface area contributed by atoms with Crippen LogP contribution in [0.1, 0.15) is 44.9 Å². The summed E-state index contributed by atoms with van der Waals surface area (Å²) in [6.45, 7) is 0. The summed E-state index contributed by atoms with van der Waals surface area (Å²) in [5.74, 6) is 0. The standard InChI is InChI=1S/C13H19NS/c1-2-4-8-12(9-5-3-1)15-13-10-6-7-11-14-13/h6-7,10-12H,1-5,8-9H2. The molecular weight excluding hydrogens is 202 g/mol. The van der Waals surface area contributed by atoms with Gasteiger partial charge in [-0.25, -0.2) is 4.98 Å². The van der Waals surface area contributed by atoms with Crippen LogP contribution in [0.15, 0.2) is 29.4 Å². The number of hydrogen-bond acceptors (Lipinski definition) is 2. The third-order valence-electron chi connectivity index (χ3n) is 2.98. The Labute approximate surface area is 96.7 Å². The first-order valence-corrected chi connectivity index (χ1v) is 6.91. The van der Waals surface area contributed by atoms with Gasteiger partial charge in [0.2, 0.25) is 0 Å². The first-order chi connectivity index (χ1) is 7.45. The first-order valence-electron chi connectivity index (χ1n) is 6.03.